The van der Waals surface area contributed by atoms with Crippen LogP contribution >= 0.6 is 0 Å². The molecule has 5 nitrogen and oxygen atoms in total. The first-order valence-corrected chi connectivity index (χ1v) is 9.31. The van der Waals surface area contributed by atoms with Gasteiger partial charge in [-0.25, -0.2) is 9.78 Å². The summed E-state index contributed by atoms with van der Waals surface area (Å²) in [5, 5.41) is 17.3. The fraction of sp³-hybridized carbons (Fsp3) is 0.944. The number of hydrogen-bond acceptors (Lipinski definition) is 4. The molecule has 0 aromatic heterocycles. The van der Waals surface area contributed by atoms with Gasteiger partial charge in [0.2, 0.25) is 0 Å². The summed E-state index contributed by atoms with van der Waals surface area (Å²) in [5.74, 6) is -0.675. The van der Waals surface area contributed by atoms with Gasteiger partial charge in [-0.3, -0.25) is 4.79 Å². The van der Waals surface area contributed by atoms with Gasteiger partial charge in [0.15, 0.2) is 6.29 Å². The van der Waals surface area contributed by atoms with Crippen molar-refractivity contribution < 1.29 is 24.8 Å². The molecule has 0 aliphatic carbocycles. The molecule has 138 valence electrons. The average molecular weight is 332 g/mol. The van der Waals surface area contributed by atoms with Crippen molar-refractivity contribution >= 4 is 5.97 Å². The van der Waals surface area contributed by atoms with Crippen LogP contribution in [0.5, 0.6) is 0 Å². The number of unbranched alkanes of at least 4 members (excludes halogenated alkanes) is 12. The third-order valence-corrected chi connectivity index (χ3v) is 3.83. The Morgan fingerprint density at radius 3 is 1.57 bits per heavy atom. The van der Waals surface area contributed by atoms with Gasteiger partial charge in [0.25, 0.3) is 0 Å². The standard InChI is InChI=1S/C18H36O5/c1-17(19)23-22-16-14-12-10-8-6-4-2-3-5-7-9-11-13-15-18(20)21/h17,19H,2-16H2,1H3,(H,20,21). The number of hydrogen-bond donors (Lipinski definition) is 2. The normalized spacial score (nSPS) is 12.4. The average Bonchev–Trinajstić information content (AvgIpc) is 2.49. The monoisotopic (exact) mass is 332 g/mol. The quantitative estimate of drug-likeness (QED) is 0.163. The maximum Gasteiger partial charge on any atom is 0.303 e. The van der Waals surface area contributed by atoms with Crippen LogP contribution in [0.2, 0.25) is 0 Å². The van der Waals surface area contributed by atoms with Crippen LogP contribution in [0.1, 0.15) is 96.8 Å². The van der Waals surface area contributed by atoms with Crippen LogP contribution < -0.4 is 0 Å². The van der Waals surface area contributed by atoms with Gasteiger partial charge >= 0.3 is 5.97 Å². The predicted molar refractivity (Wildman–Crippen MR) is 91.0 cm³/mol. The molecule has 0 aliphatic rings. The van der Waals surface area contributed by atoms with Crippen LogP contribution in [0.15, 0.2) is 0 Å². The Morgan fingerprint density at radius 1 is 0.783 bits per heavy atom. The molecule has 1 atom stereocenters. The van der Waals surface area contributed by atoms with Crippen molar-refractivity contribution in [2.24, 2.45) is 0 Å². The Labute approximate surface area is 141 Å². The maximum absolute atomic E-state index is 10.4. The molecule has 0 amide bonds. The molecule has 0 saturated carbocycles. The lowest BCUT2D eigenvalue weighted by Gasteiger charge is -2.05. The minimum absolute atomic E-state index is 0.319. The van der Waals surface area contributed by atoms with Gasteiger partial charge in [0.05, 0.1) is 6.61 Å². The van der Waals surface area contributed by atoms with E-state index in [1.54, 1.807) is 0 Å². The molecule has 0 saturated heterocycles. The van der Waals surface area contributed by atoms with Gasteiger partial charge < -0.3 is 10.2 Å². The summed E-state index contributed by atoms with van der Waals surface area (Å²) < 4.78 is 0. The molecule has 2 N–H and O–H groups in total. The van der Waals surface area contributed by atoms with Crippen molar-refractivity contribution in [3.8, 4) is 0 Å². The van der Waals surface area contributed by atoms with Crippen LogP contribution in [0.25, 0.3) is 0 Å². The molecule has 0 aliphatic heterocycles. The van der Waals surface area contributed by atoms with Gasteiger partial charge in [0, 0.05) is 6.42 Å². The highest BCUT2D eigenvalue weighted by Gasteiger charge is 1.98. The summed E-state index contributed by atoms with van der Waals surface area (Å²) in [6, 6.07) is 0. The van der Waals surface area contributed by atoms with E-state index >= 15 is 0 Å². The van der Waals surface area contributed by atoms with Gasteiger partial charge in [-0.05, 0) is 19.8 Å². The number of carbonyl (C=O) groups is 1. The molecular weight excluding hydrogens is 296 g/mol. The van der Waals surface area contributed by atoms with Crippen molar-refractivity contribution in [3.63, 3.8) is 0 Å². The summed E-state index contributed by atoms with van der Waals surface area (Å²) in [6.07, 6.45) is 15.0. The van der Waals surface area contributed by atoms with E-state index in [1.807, 2.05) is 0 Å². The second-order valence-corrected chi connectivity index (χ2v) is 6.26. The van der Waals surface area contributed by atoms with Crippen molar-refractivity contribution in [3.05, 3.63) is 0 Å². The Balaban J connectivity index is 2.99. The molecule has 5 heteroatoms. The topological polar surface area (TPSA) is 76.0 Å². The number of carboxylic acids is 1. The van der Waals surface area contributed by atoms with Gasteiger partial charge in [-0.2, -0.15) is 0 Å². The second-order valence-electron chi connectivity index (χ2n) is 6.26. The number of carboxylic acid groups (broad SMARTS) is 1. The minimum Gasteiger partial charge on any atom is -0.481 e. The third-order valence-electron chi connectivity index (χ3n) is 3.83. The van der Waals surface area contributed by atoms with E-state index in [9.17, 15) is 4.79 Å². The van der Waals surface area contributed by atoms with Crippen molar-refractivity contribution in [1.29, 1.82) is 0 Å². The predicted octanol–water partition coefficient (Wildman–Crippen LogP) is 4.82. The highest BCUT2D eigenvalue weighted by molar-refractivity contribution is 5.66. The Kier molecular flexibility index (Phi) is 17.2. The van der Waals surface area contributed by atoms with Crippen LogP contribution in [0.3, 0.4) is 0 Å². The fourth-order valence-corrected chi connectivity index (χ4v) is 2.53. The smallest absolute Gasteiger partial charge is 0.303 e. The van der Waals surface area contributed by atoms with E-state index < -0.39 is 12.3 Å². The summed E-state index contributed by atoms with van der Waals surface area (Å²) in [6.45, 7) is 2.08. The van der Waals surface area contributed by atoms with Crippen LogP contribution in [0, 0.1) is 0 Å². The molecular formula is C18H36O5. The molecule has 0 aromatic carbocycles. The first-order chi connectivity index (χ1) is 11.1. The van der Waals surface area contributed by atoms with Crippen LogP contribution in [0.4, 0.5) is 0 Å². The van der Waals surface area contributed by atoms with E-state index in [0.717, 1.165) is 25.7 Å². The van der Waals surface area contributed by atoms with E-state index in [2.05, 4.69) is 4.89 Å². The highest BCUT2D eigenvalue weighted by Crippen LogP contribution is 2.13. The Bertz CT molecular complexity index is 256. The zero-order valence-electron chi connectivity index (χ0n) is 14.8. The first kappa shape index (κ1) is 22.4. The molecule has 0 heterocycles. The lowest BCUT2D eigenvalue weighted by molar-refractivity contribution is -0.364. The summed E-state index contributed by atoms with van der Waals surface area (Å²) in [5.41, 5.74) is 0. The largest absolute Gasteiger partial charge is 0.481 e. The molecule has 0 bridgehead atoms. The summed E-state index contributed by atoms with van der Waals surface area (Å²) in [7, 11) is 0. The number of aliphatic carboxylic acids is 1. The second kappa shape index (κ2) is 17.7. The molecule has 0 aromatic rings. The maximum atomic E-state index is 10.4. The number of aliphatic hydroxyl groups excluding tert-OH is 1. The molecule has 1 unspecified atom stereocenters. The zero-order valence-corrected chi connectivity index (χ0v) is 14.8. The van der Waals surface area contributed by atoms with Crippen LogP contribution in [-0.4, -0.2) is 29.1 Å². The van der Waals surface area contributed by atoms with Gasteiger partial charge in [-0.1, -0.05) is 70.6 Å². The van der Waals surface area contributed by atoms with Crippen molar-refractivity contribution in [2.75, 3.05) is 6.61 Å². The molecule has 0 rings (SSSR count). The van der Waals surface area contributed by atoms with Gasteiger partial charge in [-0.15, -0.1) is 0 Å². The van der Waals surface area contributed by atoms with E-state index in [1.165, 1.54) is 64.7 Å². The lowest BCUT2D eigenvalue weighted by atomic mass is 10.0. The number of rotatable bonds is 18. The minimum atomic E-state index is -0.847. The van der Waals surface area contributed by atoms with E-state index in [4.69, 9.17) is 15.1 Å². The van der Waals surface area contributed by atoms with Crippen molar-refractivity contribution in [1.82, 2.24) is 0 Å². The van der Waals surface area contributed by atoms with Crippen molar-refractivity contribution in [2.45, 2.75) is 103 Å². The SMILES string of the molecule is CC(O)OOCCCCCCCCCCCCCCCC(=O)O. The van der Waals surface area contributed by atoms with Gasteiger partial charge in [0.1, 0.15) is 0 Å². The molecule has 0 fully saturated rings. The summed E-state index contributed by atoms with van der Waals surface area (Å²) in [4.78, 5) is 19.8. The summed E-state index contributed by atoms with van der Waals surface area (Å²) >= 11 is 0. The Morgan fingerprint density at radius 2 is 1.17 bits per heavy atom. The first-order valence-electron chi connectivity index (χ1n) is 9.31. The fourth-order valence-electron chi connectivity index (χ4n) is 2.53. The molecule has 0 radical (unpaired) electrons. The number of aliphatic hydroxyl groups is 1. The molecule has 23 heavy (non-hydrogen) atoms. The lowest BCUT2D eigenvalue weighted by Crippen LogP contribution is -2.07. The van der Waals surface area contributed by atoms with E-state index in [-0.39, 0.29) is 0 Å². The van der Waals surface area contributed by atoms with Crippen LogP contribution in [-0.2, 0) is 14.6 Å². The Hall–Kier alpha value is -0.650. The highest BCUT2D eigenvalue weighted by atomic mass is 17.2. The third kappa shape index (κ3) is 21.4. The molecule has 0 spiro atoms. The zero-order chi connectivity index (χ0) is 17.2. The van der Waals surface area contributed by atoms with E-state index in [0.29, 0.717) is 13.0 Å².